The first-order chi connectivity index (χ1) is 16.8. The molecule has 0 saturated carbocycles. The zero-order chi connectivity index (χ0) is 26.8. The Morgan fingerprint density at radius 3 is 2.22 bits per heavy atom. The van der Waals surface area contributed by atoms with Crippen LogP contribution >= 0.6 is 11.3 Å². The van der Waals surface area contributed by atoms with E-state index in [0.29, 0.717) is 34.7 Å². The van der Waals surface area contributed by atoms with Crippen LogP contribution in [0.4, 0.5) is 13.2 Å². The van der Waals surface area contributed by atoms with Gasteiger partial charge >= 0.3 is 12.1 Å². The molecule has 2 aromatic carbocycles. The fraction of sp³-hybridized carbons (Fsp3) is 0.440. The van der Waals surface area contributed by atoms with Gasteiger partial charge in [-0.2, -0.15) is 13.2 Å². The van der Waals surface area contributed by atoms with Crippen molar-refractivity contribution in [2.75, 3.05) is 20.8 Å². The van der Waals surface area contributed by atoms with Gasteiger partial charge in [-0.3, -0.25) is 0 Å². The largest absolute Gasteiger partial charge is 0.496 e. The topological polar surface area (TPSA) is 98.1 Å². The Hall–Kier alpha value is -2.89. The Morgan fingerprint density at radius 1 is 1.11 bits per heavy atom. The lowest BCUT2D eigenvalue weighted by molar-refractivity contribution is -0.137. The summed E-state index contributed by atoms with van der Waals surface area (Å²) in [5.41, 5.74) is -0.408. The average Bonchev–Trinajstić information content (AvgIpc) is 3.22. The number of aromatic nitrogens is 1. The zero-order valence-electron chi connectivity index (χ0n) is 20.5. The number of carboxylic acid groups (broad SMARTS) is 1. The maximum atomic E-state index is 13.3. The Labute approximate surface area is 210 Å². The van der Waals surface area contributed by atoms with E-state index in [4.69, 9.17) is 14.2 Å². The molecule has 0 bridgehead atoms. The third-order valence-electron chi connectivity index (χ3n) is 5.58. The minimum atomic E-state index is -4.70. The summed E-state index contributed by atoms with van der Waals surface area (Å²) < 4.78 is 56.8. The van der Waals surface area contributed by atoms with Gasteiger partial charge in [-0.25, -0.2) is 9.78 Å². The second-order valence-electron chi connectivity index (χ2n) is 8.75. The number of aliphatic hydroxyl groups is 1. The number of rotatable bonds is 10. The van der Waals surface area contributed by atoms with Crippen molar-refractivity contribution in [3.05, 3.63) is 51.5 Å². The lowest BCUT2D eigenvalue weighted by Crippen LogP contribution is -2.26. The van der Waals surface area contributed by atoms with Gasteiger partial charge in [-0.1, -0.05) is 13.8 Å². The Balaban J connectivity index is 2.03. The standard InChI is InChI=1S/C25H28F3NO6S/c1-12(2)11-35-19(23(30)14-6-17(33-4)13(3)18(7-14)34-5)10-21-29-22-16(24(31)32)8-15(25(26,27)28)9-20(22)36-21/h6-9,12,19,23,30H,10-11H2,1-5H3,(H,31,32). The van der Waals surface area contributed by atoms with Gasteiger partial charge in [0.25, 0.3) is 0 Å². The molecule has 0 aliphatic rings. The van der Waals surface area contributed by atoms with Crippen LogP contribution in [0, 0.1) is 12.8 Å². The van der Waals surface area contributed by atoms with Crippen LogP contribution in [-0.2, 0) is 17.3 Å². The van der Waals surface area contributed by atoms with E-state index in [-0.39, 0.29) is 22.6 Å². The number of hydrogen-bond donors (Lipinski definition) is 2. The first-order valence-corrected chi connectivity index (χ1v) is 11.9. The summed E-state index contributed by atoms with van der Waals surface area (Å²) in [5, 5.41) is 21.1. The van der Waals surface area contributed by atoms with Gasteiger partial charge in [-0.05, 0) is 42.7 Å². The smallest absolute Gasteiger partial charge is 0.416 e. The molecule has 0 aliphatic heterocycles. The number of aliphatic hydroxyl groups excluding tert-OH is 1. The summed E-state index contributed by atoms with van der Waals surface area (Å²) in [6.07, 6.45) is -6.62. The van der Waals surface area contributed by atoms with E-state index in [1.54, 1.807) is 12.1 Å². The van der Waals surface area contributed by atoms with Crippen LogP contribution in [0.5, 0.6) is 11.5 Å². The molecule has 0 amide bonds. The van der Waals surface area contributed by atoms with Crippen LogP contribution < -0.4 is 9.47 Å². The molecular weight excluding hydrogens is 499 g/mol. The van der Waals surface area contributed by atoms with Gasteiger partial charge in [0.1, 0.15) is 17.6 Å². The molecule has 11 heteroatoms. The van der Waals surface area contributed by atoms with Crippen molar-refractivity contribution < 1.29 is 42.4 Å². The van der Waals surface area contributed by atoms with Gasteiger partial charge in [0.15, 0.2) is 0 Å². The molecule has 3 rings (SSSR count). The fourth-order valence-electron chi connectivity index (χ4n) is 3.73. The highest BCUT2D eigenvalue weighted by molar-refractivity contribution is 7.18. The number of aromatic carboxylic acids is 1. The minimum Gasteiger partial charge on any atom is -0.496 e. The normalized spacial score (nSPS) is 13.7. The maximum Gasteiger partial charge on any atom is 0.416 e. The molecule has 0 saturated heterocycles. The summed E-state index contributed by atoms with van der Waals surface area (Å²) in [7, 11) is 3.00. The molecule has 0 fully saturated rings. The number of benzene rings is 2. The summed E-state index contributed by atoms with van der Waals surface area (Å²) >= 11 is 0.937. The number of carboxylic acids is 1. The maximum absolute atomic E-state index is 13.3. The fourth-order valence-corrected chi connectivity index (χ4v) is 4.81. The van der Waals surface area contributed by atoms with E-state index < -0.39 is 35.5 Å². The predicted molar refractivity (Wildman–Crippen MR) is 129 cm³/mol. The van der Waals surface area contributed by atoms with Crippen LogP contribution in [0.1, 0.15) is 52.0 Å². The van der Waals surface area contributed by atoms with Crippen LogP contribution in [0.15, 0.2) is 24.3 Å². The van der Waals surface area contributed by atoms with E-state index in [0.717, 1.165) is 23.0 Å². The molecule has 0 aliphatic carbocycles. The summed E-state index contributed by atoms with van der Waals surface area (Å²) in [5.74, 6) is -0.340. The van der Waals surface area contributed by atoms with Crippen molar-refractivity contribution in [1.29, 1.82) is 0 Å². The van der Waals surface area contributed by atoms with E-state index in [1.165, 1.54) is 14.2 Å². The highest BCUT2D eigenvalue weighted by Crippen LogP contribution is 2.37. The summed E-state index contributed by atoms with van der Waals surface area (Å²) in [6, 6.07) is 4.81. The van der Waals surface area contributed by atoms with Gasteiger partial charge in [0.05, 0.1) is 46.7 Å². The molecule has 196 valence electrons. The number of fused-ring (bicyclic) bond motifs is 1. The second-order valence-corrected chi connectivity index (χ2v) is 9.86. The van der Waals surface area contributed by atoms with Gasteiger partial charge < -0.3 is 24.4 Å². The minimum absolute atomic E-state index is 0.0359. The number of alkyl halides is 3. The van der Waals surface area contributed by atoms with E-state index in [1.807, 2.05) is 20.8 Å². The number of ether oxygens (including phenoxy) is 3. The SMILES string of the molecule is COc1cc(C(O)C(Cc2nc3c(C(=O)O)cc(C(F)(F)F)cc3s2)OCC(C)C)cc(OC)c1C. The molecular formula is C25H28F3NO6S. The highest BCUT2D eigenvalue weighted by atomic mass is 32.1. The molecule has 1 aromatic heterocycles. The van der Waals surface area contributed by atoms with Crippen molar-refractivity contribution in [3.8, 4) is 11.5 Å². The predicted octanol–water partition coefficient (Wildman–Crippen LogP) is 5.66. The number of hydrogen-bond acceptors (Lipinski definition) is 7. The zero-order valence-corrected chi connectivity index (χ0v) is 21.3. The number of nitrogens with zero attached hydrogens (tertiary/aromatic N) is 1. The van der Waals surface area contributed by atoms with Crippen molar-refractivity contribution >= 4 is 27.5 Å². The summed E-state index contributed by atoms with van der Waals surface area (Å²) in [4.78, 5) is 16.0. The number of carbonyl (C=O) groups is 1. The quantitative estimate of drug-likeness (QED) is 0.351. The van der Waals surface area contributed by atoms with Crippen molar-refractivity contribution in [1.82, 2.24) is 4.98 Å². The third-order valence-corrected chi connectivity index (χ3v) is 6.61. The molecule has 2 atom stereocenters. The Kier molecular flexibility index (Phi) is 8.48. The van der Waals surface area contributed by atoms with E-state index >= 15 is 0 Å². The van der Waals surface area contributed by atoms with Gasteiger partial charge in [0, 0.05) is 18.6 Å². The first kappa shape index (κ1) is 27.7. The molecule has 1 heterocycles. The number of methoxy groups -OCH3 is 2. The molecule has 7 nitrogen and oxygen atoms in total. The third kappa shape index (κ3) is 6.08. The van der Waals surface area contributed by atoms with Crippen molar-refractivity contribution in [2.24, 2.45) is 5.92 Å². The Bertz CT molecular complexity index is 1220. The van der Waals surface area contributed by atoms with Crippen molar-refractivity contribution in [2.45, 2.75) is 45.6 Å². The summed E-state index contributed by atoms with van der Waals surface area (Å²) in [6.45, 7) is 6.01. The van der Waals surface area contributed by atoms with Crippen LogP contribution in [-0.4, -0.2) is 48.1 Å². The molecule has 0 spiro atoms. The first-order valence-electron chi connectivity index (χ1n) is 11.1. The average molecular weight is 528 g/mol. The monoisotopic (exact) mass is 527 g/mol. The van der Waals surface area contributed by atoms with E-state index in [2.05, 4.69) is 4.98 Å². The van der Waals surface area contributed by atoms with Gasteiger partial charge in [-0.15, -0.1) is 11.3 Å². The molecule has 0 radical (unpaired) electrons. The molecule has 3 aromatic rings. The molecule has 36 heavy (non-hydrogen) atoms. The lowest BCUT2D eigenvalue weighted by Gasteiger charge is -2.25. The van der Waals surface area contributed by atoms with Crippen LogP contribution in [0.25, 0.3) is 10.2 Å². The Morgan fingerprint density at radius 2 is 1.72 bits per heavy atom. The lowest BCUT2D eigenvalue weighted by atomic mass is 9.99. The molecule has 2 unspecified atom stereocenters. The van der Waals surface area contributed by atoms with Crippen LogP contribution in [0.3, 0.4) is 0 Å². The highest BCUT2D eigenvalue weighted by Gasteiger charge is 2.33. The van der Waals surface area contributed by atoms with Crippen LogP contribution in [0.2, 0.25) is 0 Å². The number of halogens is 3. The van der Waals surface area contributed by atoms with Crippen molar-refractivity contribution in [3.63, 3.8) is 0 Å². The molecule has 2 N–H and O–H groups in total. The second kappa shape index (κ2) is 11.0. The number of thiazole rings is 1. The van der Waals surface area contributed by atoms with E-state index in [9.17, 15) is 28.2 Å². The van der Waals surface area contributed by atoms with Gasteiger partial charge in [0.2, 0.25) is 0 Å².